The second kappa shape index (κ2) is 10.2. The van der Waals surface area contributed by atoms with Crippen molar-refractivity contribution in [3.8, 4) is 0 Å². The summed E-state index contributed by atoms with van der Waals surface area (Å²) >= 11 is 0. The van der Waals surface area contributed by atoms with Crippen molar-refractivity contribution in [2.45, 2.75) is 96.4 Å². The van der Waals surface area contributed by atoms with Gasteiger partial charge in [0, 0.05) is 13.0 Å². The van der Waals surface area contributed by atoms with E-state index in [1.807, 2.05) is 0 Å². The van der Waals surface area contributed by atoms with Crippen molar-refractivity contribution in [2.24, 2.45) is 11.7 Å². The summed E-state index contributed by atoms with van der Waals surface area (Å²) in [5.74, 6) is 0.719. The summed E-state index contributed by atoms with van der Waals surface area (Å²) in [5.41, 5.74) is 5.86. The highest BCUT2D eigenvalue weighted by atomic mass is 16.1. The van der Waals surface area contributed by atoms with Crippen LogP contribution in [0.25, 0.3) is 0 Å². The lowest BCUT2D eigenvalue weighted by atomic mass is 9.73. The van der Waals surface area contributed by atoms with Crippen LogP contribution in [0, 0.1) is 5.92 Å². The van der Waals surface area contributed by atoms with Gasteiger partial charge in [-0.3, -0.25) is 4.79 Å². The molecule has 0 saturated heterocycles. The predicted octanol–water partition coefficient (Wildman–Crippen LogP) is 4.15. The number of carbonyl (C=O) groups excluding carboxylic acids is 1. The van der Waals surface area contributed by atoms with Gasteiger partial charge in [-0.15, -0.1) is 0 Å². The van der Waals surface area contributed by atoms with Gasteiger partial charge in [-0.25, -0.2) is 0 Å². The molecule has 1 aliphatic rings. The lowest BCUT2D eigenvalue weighted by molar-refractivity contribution is -0.124. The second-order valence-electron chi connectivity index (χ2n) is 6.93. The first-order chi connectivity index (χ1) is 10.1. The van der Waals surface area contributed by atoms with Gasteiger partial charge in [0.2, 0.25) is 5.91 Å². The van der Waals surface area contributed by atoms with Crippen LogP contribution in [-0.2, 0) is 4.79 Å². The molecule has 0 bridgehead atoms. The van der Waals surface area contributed by atoms with Crippen molar-refractivity contribution >= 4 is 5.91 Å². The quantitative estimate of drug-likeness (QED) is 0.595. The SMILES string of the molecule is CCCCCCCCCC(=O)NC1(CN)CCCCC1C. The van der Waals surface area contributed by atoms with E-state index in [2.05, 4.69) is 19.2 Å². The van der Waals surface area contributed by atoms with E-state index in [1.54, 1.807) is 0 Å². The van der Waals surface area contributed by atoms with Crippen molar-refractivity contribution in [1.29, 1.82) is 0 Å². The molecular formula is C18H36N2O. The Balaban J connectivity index is 2.19. The summed E-state index contributed by atoms with van der Waals surface area (Å²) in [6.07, 6.45) is 14.1. The van der Waals surface area contributed by atoms with Crippen LogP contribution >= 0.6 is 0 Å². The zero-order valence-electron chi connectivity index (χ0n) is 14.3. The van der Waals surface area contributed by atoms with E-state index >= 15 is 0 Å². The molecule has 0 aromatic carbocycles. The minimum absolute atomic E-state index is 0.129. The molecule has 1 amide bonds. The third-order valence-electron chi connectivity index (χ3n) is 5.21. The van der Waals surface area contributed by atoms with E-state index in [0.29, 0.717) is 18.9 Å². The molecule has 2 atom stereocenters. The molecule has 3 N–H and O–H groups in total. The molecule has 0 heterocycles. The minimum Gasteiger partial charge on any atom is -0.349 e. The second-order valence-corrected chi connectivity index (χ2v) is 6.93. The van der Waals surface area contributed by atoms with E-state index in [0.717, 1.165) is 12.8 Å². The molecule has 21 heavy (non-hydrogen) atoms. The van der Waals surface area contributed by atoms with Gasteiger partial charge in [0.15, 0.2) is 0 Å². The topological polar surface area (TPSA) is 55.1 Å². The Labute approximate surface area is 131 Å². The smallest absolute Gasteiger partial charge is 0.220 e. The summed E-state index contributed by atoms with van der Waals surface area (Å²) in [5, 5.41) is 3.28. The van der Waals surface area contributed by atoms with Crippen molar-refractivity contribution < 1.29 is 4.79 Å². The monoisotopic (exact) mass is 296 g/mol. The molecule has 3 nitrogen and oxygen atoms in total. The van der Waals surface area contributed by atoms with Crippen LogP contribution in [0.3, 0.4) is 0 Å². The number of hydrogen-bond acceptors (Lipinski definition) is 2. The largest absolute Gasteiger partial charge is 0.349 e. The maximum absolute atomic E-state index is 12.2. The Morgan fingerprint density at radius 3 is 2.43 bits per heavy atom. The summed E-state index contributed by atoms with van der Waals surface area (Å²) in [6.45, 7) is 5.06. The number of unbranched alkanes of at least 4 members (excludes halogenated alkanes) is 6. The third kappa shape index (κ3) is 6.37. The summed E-state index contributed by atoms with van der Waals surface area (Å²) in [6, 6.07) is 0. The molecular weight excluding hydrogens is 260 g/mol. The number of nitrogens with two attached hydrogens (primary N) is 1. The molecule has 1 saturated carbocycles. The van der Waals surface area contributed by atoms with Crippen molar-refractivity contribution in [3.63, 3.8) is 0 Å². The molecule has 2 unspecified atom stereocenters. The van der Waals surface area contributed by atoms with Crippen LogP contribution in [0.4, 0.5) is 0 Å². The van der Waals surface area contributed by atoms with E-state index in [9.17, 15) is 4.79 Å². The van der Waals surface area contributed by atoms with Crippen LogP contribution < -0.4 is 11.1 Å². The summed E-state index contributed by atoms with van der Waals surface area (Å²) < 4.78 is 0. The maximum atomic E-state index is 12.2. The Morgan fingerprint density at radius 1 is 1.14 bits per heavy atom. The fourth-order valence-corrected chi connectivity index (χ4v) is 3.54. The van der Waals surface area contributed by atoms with Gasteiger partial charge < -0.3 is 11.1 Å². The number of hydrogen-bond donors (Lipinski definition) is 2. The van der Waals surface area contributed by atoms with E-state index in [4.69, 9.17) is 5.73 Å². The van der Waals surface area contributed by atoms with Crippen molar-refractivity contribution in [1.82, 2.24) is 5.32 Å². The Hall–Kier alpha value is -0.570. The molecule has 0 radical (unpaired) electrons. The van der Waals surface area contributed by atoms with Gasteiger partial charge in [0.1, 0.15) is 0 Å². The summed E-state index contributed by atoms with van der Waals surface area (Å²) in [7, 11) is 0. The highest BCUT2D eigenvalue weighted by Crippen LogP contribution is 2.33. The molecule has 0 aromatic heterocycles. The Kier molecular flexibility index (Phi) is 8.98. The molecule has 124 valence electrons. The molecule has 1 rings (SSSR count). The van der Waals surface area contributed by atoms with Crippen LogP contribution in [0.5, 0.6) is 0 Å². The van der Waals surface area contributed by atoms with Crippen LogP contribution in [-0.4, -0.2) is 18.0 Å². The lowest BCUT2D eigenvalue weighted by Gasteiger charge is -2.42. The standard InChI is InChI=1S/C18H36N2O/c1-3-4-5-6-7-8-9-13-17(21)20-18(15-19)14-11-10-12-16(18)2/h16H,3-15,19H2,1-2H3,(H,20,21). The fraction of sp³-hybridized carbons (Fsp3) is 0.944. The average Bonchev–Trinajstić information content (AvgIpc) is 2.49. The fourth-order valence-electron chi connectivity index (χ4n) is 3.54. The predicted molar refractivity (Wildman–Crippen MR) is 90.2 cm³/mol. The molecule has 1 fully saturated rings. The van der Waals surface area contributed by atoms with Gasteiger partial charge in [0.25, 0.3) is 0 Å². The first-order valence-corrected chi connectivity index (χ1v) is 9.15. The van der Waals surface area contributed by atoms with Gasteiger partial charge in [0.05, 0.1) is 5.54 Å². The first-order valence-electron chi connectivity index (χ1n) is 9.15. The van der Waals surface area contributed by atoms with Gasteiger partial charge in [-0.1, -0.05) is 65.2 Å². The van der Waals surface area contributed by atoms with E-state index < -0.39 is 0 Å². The molecule has 1 aliphatic carbocycles. The minimum atomic E-state index is -0.129. The maximum Gasteiger partial charge on any atom is 0.220 e. The van der Waals surface area contributed by atoms with Crippen LogP contribution in [0.2, 0.25) is 0 Å². The zero-order valence-corrected chi connectivity index (χ0v) is 14.3. The van der Waals surface area contributed by atoms with Crippen molar-refractivity contribution in [2.75, 3.05) is 6.54 Å². The highest BCUT2D eigenvalue weighted by Gasteiger charge is 2.37. The Bertz CT molecular complexity index is 293. The van der Waals surface area contributed by atoms with E-state index in [-0.39, 0.29) is 11.4 Å². The van der Waals surface area contributed by atoms with Crippen molar-refractivity contribution in [3.05, 3.63) is 0 Å². The molecule has 0 spiro atoms. The molecule has 3 heteroatoms. The molecule has 0 aromatic rings. The van der Waals surface area contributed by atoms with Gasteiger partial charge in [-0.2, -0.15) is 0 Å². The van der Waals surface area contributed by atoms with Crippen LogP contribution in [0.1, 0.15) is 90.9 Å². The summed E-state index contributed by atoms with van der Waals surface area (Å²) in [4.78, 5) is 12.2. The zero-order chi connectivity index (χ0) is 15.6. The molecule has 0 aliphatic heterocycles. The number of rotatable bonds is 10. The Morgan fingerprint density at radius 2 is 1.81 bits per heavy atom. The highest BCUT2D eigenvalue weighted by molar-refractivity contribution is 5.76. The van der Waals surface area contributed by atoms with Gasteiger partial charge >= 0.3 is 0 Å². The normalized spacial score (nSPS) is 25.8. The van der Waals surface area contributed by atoms with Crippen LogP contribution in [0.15, 0.2) is 0 Å². The first kappa shape index (κ1) is 18.5. The number of nitrogens with one attached hydrogen (secondary N) is 1. The number of amides is 1. The van der Waals surface area contributed by atoms with E-state index in [1.165, 1.54) is 57.8 Å². The van der Waals surface area contributed by atoms with Gasteiger partial charge in [-0.05, 0) is 25.2 Å². The average molecular weight is 296 g/mol. The lowest BCUT2D eigenvalue weighted by Crippen LogP contribution is -2.59. The third-order valence-corrected chi connectivity index (χ3v) is 5.21. The number of carbonyl (C=O) groups is 1.